The lowest BCUT2D eigenvalue weighted by molar-refractivity contribution is -0.141. The molecule has 28 heavy (non-hydrogen) atoms. The average Bonchev–Trinajstić information content (AvgIpc) is 3.37. The van der Waals surface area contributed by atoms with Crippen LogP contribution in [0.5, 0.6) is 0 Å². The molecule has 1 aromatic heterocycles. The zero-order chi connectivity index (χ0) is 20.5. The van der Waals surface area contributed by atoms with Crippen molar-refractivity contribution in [2.24, 2.45) is 0 Å². The lowest BCUT2D eigenvalue weighted by atomic mass is 10.0. The second-order valence-corrected chi connectivity index (χ2v) is 9.19. The van der Waals surface area contributed by atoms with Crippen molar-refractivity contribution in [2.45, 2.75) is 62.6 Å². The number of aryl methyl sites for hydroxylation is 1. The van der Waals surface area contributed by atoms with Gasteiger partial charge in [0.25, 0.3) is 0 Å². The van der Waals surface area contributed by atoms with Gasteiger partial charge in [0.15, 0.2) is 5.69 Å². The summed E-state index contributed by atoms with van der Waals surface area (Å²) in [6, 6.07) is 7.79. The highest BCUT2D eigenvalue weighted by Crippen LogP contribution is 2.42. The summed E-state index contributed by atoms with van der Waals surface area (Å²) in [5, 5.41) is 3.68. The van der Waals surface area contributed by atoms with Gasteiger partial charge in [0.05, 0.1) is 4.90 Å². The van der Waals surface area contributed by atoms with Gasteiger partial charge < -0.3 is 0 Å². The van der Waals surface area contributed by atoms with Crippen LogP contribution in [-0.4, -0.2) is 24.7 Å². The summed E-state index contributed by atoms with van der Waals surface area (Å²) in [6.07, 6.45) is -2.40. The monoisotopic (exact) mass is 415 g/mol. The Labute approximate surface area is 163 Å². The van der Waals surface area contributed by atoms with Crippen molar-refractivity contribution in [3.8, 4) is 0 Å². The van der Waals surface area contributed by atoms with Gasteiger partial charge in [-0.2, -0.15) is 18.3 Å². The van der Waals surface area contributed by atoms with Crippen LogP contribution in [0.25, 0.3) is 0 Å². The maximum Gasteiger partial charge on any atom is 0.435 e. The van der Waals surface area contributed by atoms with Crippen molar-refractivity contribution >= 4 is 10.0 Å². The molecule has 0 atom stereocenters. The predicted molar refractivity (Wildman–Crippen MR) is 99.5 cm³/mol. The van der Waals surface area contributed by atoms with Gasteiger partial charge in [-0.3, -0.25) is 4.68 Å². The van der Waals surface area contributed by atoms with E-state index in [0.717, 1.165) is 24.5 Å². The first-order valence-corrected chi connectivity index (χ1v) is 10.8. The van der Waals surface area contributed by atoms with Crippen LogP contribution >= 0.6 is 0 Å². The van der Waals surface area contributed by atoms with Crippen molar-refractivity contribution in [1.29, 1.82) is 0 Å². The first kappa shape index (κ1) is 20.9. The van der Waals surface area contributed by atoms with Crippen LogP contribution in [0, 0.1) is 0 Å². The molecule has 0 unspecified atom stereocenters. The van der Waals surface area contributed by atoms with Crippen molar-refractivity contribution < 1.29 is 21.6 Å². The molecule has 0 radical (unpaired) electrons. The number of nitrogens with one attached hydrogen (secondary N) is 1. The Morgan fingerprint density at radius 2 is 1.86 bits per heavy atom. The zero-order valence-electron chi connectivity index (χ0n) is 15.8. The molecule has 0 aliphatic heterocycles. The van der Waals surface area contributed by atoms with E-state index >= 15 is 0 Å². The molecule has 5 nitrogen and oxygen atoms in total. The van der Waals surface area contributed by atoms with E-state index in [-0.39, 0.29) is 23.9 Å². The second kappa shape index (κ2) is 7.87. The highest BCUT2D eigenvalue weighted by molar-refractivity contribution is 7.89. The molecule has 9 heteroatoms. The van der Waals surface area contributed by atoms with Crippen LogP contribution in [0.3, 0.4) is 0 Å². The molecule has 0 bridgehead atoms. The molecule has 2 aromatic rings. The number of sulfonamides is 1. The summed E-state index contributed by atoms with van der Waals surface area (Å²) >= 11 is 0. The molecule has 154 valence electrons. The summed E-state index contributed by atoms with van der Waals surface area (Å²) in [7, 11) is -3.65. The summed E-state index contributed by atoms with van der Waals surface area (Å²) in [6.45, 7) is 4.41. The molecule has 1 heterocycles. The van der Waals surface area contributed by atoms with Crippen molar-refractivity contribution in [3.05, 3.63) is 47.3 Å². The first-order chi connectivity index (χ1) is 13.1. The maximum absolute atomic E-state index is 12.9. The lowest BCUT2D eigenvalue weighted by Gasteiger charge is -2.10. The van der Waals surface area contributed by atoms with Crippen LogP contribution in [0.15, 0.2) is 35.2 Å². The van der Waals surface area contributed by atoms with Gasteiger partial charge in [-0.05, 0) is 48.9 Å². The minimum Gasteiger partial charge on any atom is -0.269 e. The number of aromatic nitrogens is 2. The molecular formula is C19H24F3N3O2S. The lowest BCUT2D eigenvalue weighted by Crippen LogP contribution is -2.26. The van der Waals surface area contributed by atoms with Gasteiger partial charge in [0.1, 0.15) is 0 Å². The molecule has 1 N–H and O–H groups in total. The third-order valence-corrected chi connectivity index (χ3v) is 6.27. The zero-order valence-corrected chi connectivity index (χ0v) is 16.6. The van der Waals surface area contributed by atoms with Crippen LogP contribution in [0.2, 0.25) is 0 Å². The highest BCUT2D eigenvalue weighted by Gasteiger charge is 2.37. The Morgan fingerprint density at radius 1 is 1.21 bits per heavy atom. The van der Waals surface area contributed by atoms with E-state index in [1.54, 1.807) is 24.3 Å². The smallest absolute Gasteiger partial charge is 0.269 e. The van der Waals surface area contributed by atoms with E-state index in [4.69, 9.17) is 0 Å². The number of halogens is 3. The molecule has 1 fully saturated rings. The summed E-state index contributed by atoms with van der Waals surface area (Å²) in [5.41, 5.74) is 0.741. The van der Waals surface area contributed by atoms with E-state index in [1.165, 1.54) is 4.68 Å². The largest absolute Gasteiger partial charge is 0.435 e. The van der Waals surface area contributed by atoms with Gasteiger partial charge in [-0.1, -0.05) is 26.0 Å². The SMILES string of the molecule is CC(C)c1ccc(S(=O)(=O)NCCCn2nc(C(F)(F)F)cc2C2CC2)cc1. The van der Waals surface area contributed by atoms with E-state index in [2.05, 4.69) is 9.82 Å². The van der Waals surface area contributed by atoms with Gasteiger partial charge in [0, 0.05) is 24.7 Å². The molecule has 1 aliphatic carbocycles. The van der Waals surface area contributed by atoms with Gasteiger partial charge in [0.2, 0.25) is 10.0 Å². The second-order valence-electron chi connectivity index (χ2n) is 7.42. The van der Waals surface area contributed by atoms with Crippen molar-refractivity contribution in [2.75, 3.05) is 6.54 Å². The fourth-order valence-corrected chi connectivity index (χ4v) is 4.08. The number of hydrogen-bond donors (Lipinski definition) is 1. The molecular weight excluding hydrogens is 391 g/mol. The topological polar surface area (TPSA) is 64.0 Å². The first-order valence-electron chi connectivity index (χ1n) is 9.32. The minimum atomic E-state index is -4.47. The van der Waals surface area contributed by atoms with E-state index in [9.17, 15) is 21.6 Å². The maximum atomic E-state index is 12.9. The summed E-state index contributed by atoms with van der Waals surface area (Å²) < 4.78 is 67.3. The fraction of sp³-hybridized carbons (Fsp3) is 0.526. The number of rotatable bonds is 8. The quantitative estimate of drug-likeness (QED) is 0.655. The van der Waals surface area contributed by atoms with Crippen LogP contribution in [0.1, 0.15) is 61.9 Å². The number of benzene rings is 1. The highest BCUT2D eigenvalue weighted by atomic mass is 32.2. The fourth-order valence-electron chi connectivity index (χ4n) is 3.01. The standard InChI is InChI=1S/C19H24F3N3O2S/c1-13(2)14-6-8-16(9-7-14)28(26,27)23-10-3-11-25-17(15-4-5-15)12-18(24-25)19(20,21)22/h6-9,12-13,15,23H,3-5,10-11H2,1-2H3. The average molecular weight is 415 g/mol. The van der Waals surface area contributed by atoms with Crippen LogP contribution < -0.4 is 4.72 Å². The third kappa shape index (κ3) is 4.94. The molecule has 0 saturated heterocycles. The number of alkyl halides is 3. The Kier molecular flexibility index (Phi) is 5.86. The normalized spacial score (nSPS) is 15.4. The molecule has 0 amide bonds. The Bertz CT molecular complexity index is 915. The predicted octanol–water partition coefficient (Wildman–Crippen LogP) is 4.27. The van der Waals surface area contributed by atoms with E-state index < -0.39 is 21.9 Å². The van der Waals surface area contributed by atoms with Crippen LogP contribution in [-0.2, 0) is 22.7 Å². The van der Waals surface area contributed by atoms with E-state index in [0.29, 0.717) is 18.0 Å². The molecule has 1 saturated carbocycles. The summed E-state index contributed by atoms with van der Waals surface area (Å²) in [4.78, 5) is 0.175. The molecule has 0 spiro atoms. The van der Waals surface area contributed by atoms with Crippen molar-refractivity contribution in [3.63, 3.8) is 0 Å². The Hall–Kier alpha value is -1.87. The van der Waals surface area contributed by atoms with Gasteiger partial charge >= 0.3 is 6.18 Å². The minimum absolute atomic E-state index is 0.125. The summed E-state index contributed by atoms with van der Waals surface area (Å²) in [5.74, 6) is 0.431. The Balaban J connectivity index is 1.59. The van der Waals surface area contributed by atoms with Crippen LogP contribution in [0.4, 0.5) is 13.2 Å². The third-order valence-electron chi connectivity index (χ3n) is 4.79. The van der Waals surface area contributed by atoms with Crippen molar-refractivity contribution in [1.82, 2.24) is 14.5 Å². The van der Waals surface area contributed by atoms with Gasteiger partial charge in [-0.15, -0.1) is 0 Å². The Morgan fingerprint density at radius 3 is 2.39 bits per heavy atom. The van der Waals surface area contributed by atoms with E-state index in [1.807, 2.05) is 13.8 Å². The molecule has 1 aromatic carbocycles. The van der Waals surface area contributed by atoms with Gasteiger partial charge in [-0.25, -0.2) is 13.1 Å². The molecule has 3 rings (SSSR count). The number of nitrogens with zero attached hydrogens (tertiary/aromatic N) is 2. The molecule has 1 aliphatic rings. The number of hydrogen-bond acceptors (Lipinski definition) is 3.